The molecule has 0 aliphatic rings. The van der Waals surface area contributed by atoms with Gasteiger partial charge < -0.3 is 34.1 Å². The number of aromatic carboxylic acids is 2. The van der Waals surface area contributed by atoms with Gasteiger partial charge in [-0.2, -0.15) is 0 Å². The molecule has 0 amide bonds. The molecule has 376 valence electrons. The van der Waals surface area contributed by atoms with Crippen molar-refractivity contribution in [1.82, 2.24) is 4.98 Å². The molecule has 0 fully saturated rings. The summed E-state index contributed by atoms with van der Waals surface area (Å²) in [6.45, 7) is 11.2. The minimum Gasteiger partial charge on any atom is -0.493 e. The molecule has 8 rings (SSSR count). The summed E-state index contributed by atoms with van der Waals surface area (Å²) in [5, 5.41) is 19.2. The van der Waals surface area contributed by atoms with Gasteiger partial charge in [-0.05, 0) is 145 Å². The molecule has 5 aromatic carbocycles. The minimum absolute atomic E-state index is 0.313. The summed E-state index contributed by atoms with van der Waals surface area (Å²) in [4.78, 5) is 33.4. The molecule has 0 atom stereocenters. The largest absolute Gasteiger partial charge is 0.493 e. The molecule has 0 unspecified atom stereocenters. The highest BCUT2D eigenvalue weighted by atomic mass is 32.1. The maximum absolute atomic E-state index is 11.7. The monoisotopic (exact) mass is 1010 g/mol. The molecule has 10 nitrogen and oxygen atoms in total. The highest BCUT2D eigenvalue weighted by Crippen LogP contribution is 2.44. The lowest BCUT2D eigenvalue weighted by Crippen LogP contribution is -2.10. The lowest BCUT2D eigenvalue weighted by Gasteiger charge is -2.26. The smallest absolute Gasteiger partial charge is 0.354 e. The van der Waals surface area contributed by atoms with Gasteiger partial charge >= 0.3 is 11.9 Å². The predicted molar refractivity (Wildman–Crippen MR) is 297 cm³/mol. The molecule has 3 heterocycles. The molecular weight excluding hydrogens is 953 g/mol. The van der Waals surface area contributed by atoms with Crippen molar-refractivity contribution in [3.8, 4) is 75.9 Å². The third-order valence-electron chi connectivity index (χ3n) is 12.2. The van der Waals surface area contributed by atoms with Crippen LogP contribution >= 0.6 is 22.7 Å². The summed E-state index contributed by atoms with van der Waals surface area (Å²) in [6.07, 6.45) is 8.13. The number of hydrogen-bond acceptors (Lipinski definition) is 10. The van der Waals surface area contributed by atoms with E-state index in [4.69, 9.17) is 18.9 Å². The van der Waals surface area contributed by atoms with Gasteiger partial charge in [-0.3, -0.25) is 0 Å². The van der Waals surface area contributed by atoms with E-state index >= 15 is 0 Å². The molecular formula is C61H62N2O8S2. The number of nitrogens with zero attached hydrogens (tertiary/aromatic N) is 2. The summed E-state index contributed by atoms with van der Waals surface area (Å²) in [5.41, 5.74) is 7.99. The van der Waals surface area contributed by atoms with Crippen LogP contribution in [0.2, 0.25) is 0 Å². The highest BCUT2D eigenvalue weighted by molar-refractivity contribution is 7.25. The van der Waals surface area contributed by atoms with Crippen LogP contribution in [0.4, 0.5) is 17.1 Å². The van der Waals surface area contributed by atoms with Crippen LogP contribution in [0.1, 0.15) is 100 Å². The third-order valence-corrected chi connectivity index (χ3v) is 14.7. The van der Waals surface area contributed by atoms with Gasteiger partial charge in [0.15, 0.2) is 0 Å². The summed E-state index contributed by atoms with van der Waals surface area (Å²) in [7, 11) is 0. The number of pyridine rings is 1. The molecule has 0 aliphatic carbocycles. The number of rotatable bonds is 26. The third kappa shape index (κ3) is 13.2. The van der Waals surface area contributed by atoms with Gasteiger partial charge in [-0.25, -0.2) is 14.6 Å². The Bertz CT molecular complexity index is 2950. The van der Waals surface area contributed by atoms with Gasteiger partial charge in [0.1, 0.15) is 34.4 Å². The zero-order valence-electron chi connectivity index (χ0n) is 41.9. The first-order valence-electron chi connectivity index (χ1n) is 25.3. The number of carboxylic acid groups (broad SMARTS) is 2. The molecule has 0 saturated heterocycles. The summed E-state index contributed by atoms with van der Waals surface area (Å²) < 4.78 is 24.9. The van der Waals surface area contributed by atoms with Crippen LogP contribution < -0.4 is 23.8 Å². The van der Waals surface area contributed by atoms with Crippen molar-refractivity contribution in [3.63, 3.8) is 0 Å². The number of hydrogen-bond donors (Lipinski definition) is 2. The maximum Gasteiger partial charge on any atom is 0.354 e. The second-order valence-electron chi connectivity index (χ2n) is 17.7. The normalized spacial score (nSPS) is 11.1. The second-order valence-corrected chi connectivity index (χ2v) is 19.8. The molecule has 0 saturated carbocycles. The molecule has 2 N–H and O–H groups in total. The van der Waals surface area contributed by atoms with E-state index in [0.717, 1.165) is 139 Å². The van der Waals surface area contributed by atoms with Crippen molar-refractivity contribution in [2.45, 2.75) is 79.1 Å². The van der Waals surface area contributed by atoms with Gasteiger partial charge in [0.25, 0.3) is 0 Å². The van der Waals surface area contributed by atoms with Gasteiger partial charge in [0.2, 0.25) is 0 Å². The first-order valence-corrected chi connectivity index (χ1v) is 26.9. The van der Waals surface area contributed by atoms with E-state index in [9.17, 15) is 19.8 Å². The molecule has 73 heavy (non-hydrogen) atoms. The molecule has 12 heteroatoms. The lowest BCUT2D eigenvalue weighted by atomic mass is 10.0. The van der Waals surface area contributed by atoms with Crippen molar-refractivity contribution in [2.24, 2.45) is 0 Å². The Morgan fingerprint density at radius 2 is 0.781 bits per heavy atom. The van der Waals surface area contributed by atoms with Crippen LogP contribution in [0.3, 0.4) is 0 Å². The Balaban J connectivity index is 1.11. The fourth-order valence-electron chi connectivity index (χ4n) is 8.17. The molecule has 0 spiro atoms. The van der Waals surface area contributed by atoms with Gasteiger partial charge in [0.05, 0.1) is 26.4 Å². The van der Waals surface area contributed by atoms with Crippen LogP contribution in [0.15, 0.2) is 146 Å². The Hall–Kier alpha value is -7.41. The number of anilines is 3. The number of thiophene rings is 2. The van der Waals surface area contributed by atoms with E-state index in [1.807, 2.05) is 36.4 Å². The van der Waals surface area contributed by atoms with Crippen molar-refractivity contribution in [1.29, 1.82) is 0 Å². The molecule has 0 aliphatic heterocycles. The van der Waals surface area contributed by atoms with Crippen LogP contribution in [0.5, 0.6) is 23.0 Å². The van der Waals surface area contributed by atoms with Crippen molar-refractivity contribution < 1.29 is 38.7 Å². The van der Waals surface area contributed by atoms with Crippen molar-refractivity contribution in [3.05, 3.63) is 157 Å². The van der Waals surface area contributed by atoms with E-state index in [-0.39, 0.29) is 11.4 Å². The van der Waals surface area contributed by atoms with Crippen molar-refractivity contribution >= 4 is 51.7 Å². The van der Waals surface area contributed by atoms with Gasteiger partial charge in [-0.1, -0.05) is 89.8 Å². The molecule has 0 radical (unpaired) electrons. The Labute approximate surface area is 436 Å². The number of benzene rings is 5. The van der Waals surface area contributed by atoms with Crippen LogP contribution in [-0.4, -0.2) is 53.6 Å². The fourth-order valence-corrected chi connectivity index (χ4v) is 10.3. The lowest BCUT2D eigenvalue weighted by molar-refractivity contribution is 0.0685. The van der Waals surface area contributed by atoms with E-state index in [1.54, 1.807) is 11.3 Å². The SMILES string of the molecule is CCCCOc1ccc(-c2ccc(N(c3ccc(-c4ccc(-c5ccc(-c6cc(C(=O)O)nc(C(=O)O)c6)s5)s4)cc3)c3ccc(-c4ccc(OCCCC)cc4OCCCC)cc3)cc2)c(OCCCC)c1. The van der Waals surface area contributed by atoms with Crippen LogP contribution in [-0.2, 0) is 0 Å². The summed E-state index contributed by atoms with van der Waals surface area (Å²) >= 11 is 3.13. The summed E-state index contributed by atoms with van der Waals surface area (Å²) in [5.74, 6) is 0.676. The number of carbonyl (C=O) groups is 2. The number of carboxylic acids is 2. The molecule has 8 aromatic rings. The van der Waals surface area contributed by atoms with E-state index in [2.05, 4.69) is 135 Å². The zero-order chi connectivity index (χ0) is 51.1. The van der Waals surface area contributed by atoms with E-state index in [0.29, 0.717) is 32.0 Å². The van der Waals surface area contributed by atoms with Crippen LogP contribution in [0, 0.1) is 0 Å². The zero-order valence-corrected chi connectivity index (χ0v) is 43.5. The topological polar surface area (TPSA) is 128 Å². The van der Waals surface area contributed by atoms with Crippen molar-refractivity contribution in [2.75, 3.05) is 31.3 Å². The average molecular weight is 1020 g/mol. The Morgan fingerprint density at radius 3 is 1.16 bits per heavy atom. The Kier molecular flexibility index (Phi) is 18.0. The molecule has 3 aromatic heterocycles. The standard InChI is InChI=1S/C61H62N2O8S2/c1-5-9-33-68-48-25-27-50(54(39-48)70-35-11-7-3)41-13-19-45(20-14-41)63(46-21-15-42(16-22-46)51-28-26-49(69-34-10-6-2)40-55(51)71-36-12-8-4)47-23-17-43(18-24-47)56-29-31-58(72-56)59-32-30-57(73-59)44-37-52(60(64)65)62-53(38-44)61(66)67/h13-32,37-40H,5-12,33-36H2,1-4H3,(H,64,65)(H,66,67). The number of unbranched alkanes of at least 4 members (excludes halogenated alkanes) is 4. The second kappa shape index (κ2) is 25.3. The Morgan fingerprint density at radius 1 is 0.425 bits per heavy atom. The van der Waals surface area contributed by atoms with Gasteiger partial charge in [0, 0.05) is 59.8 Å². The fraction of sp³-hybridized carbons (Fsp3) is 0.262. The summed E-state index contributed by atoms with van der Waals surface area (Å²) in [6, 6.07) is 49.0. The minimum atomic E-state index is -1.28. The molecule has 0 bridgehead atoms. The van der Waals surface area contributed by atoms with Crippen LogP contribution in [0.25, 0.3) is 52.9 Å². The average Bonchev–Trinajstić information content (AvgIpc) is 4.12. The van der Waals surface area contributed by atoms with Gasteiger partial charge in [-0.15, -0.1) is 22.7 Å². The first kappa shape index (κ1) is 51.9. The number of ether oxygens (including phenoxy) is 4. The van der Waals surface area contributed by atoms with E-state index < -0.39 is 11.9 Å². The quantitative estimate of drug-likeness (QED) is 0.0506. The first-order chi connectivity index (χ1) is 35.7. The maximum atomic E-state index is 11.7. The highest BCUT2D eigenvalue weighted by Gasteiger charge is 2.19. The number of aromatic nitrogens is 1. The van der Waals surface area contributed by atoms with E-state index in [1.165, 1.54) is 23.5 Å². The predicted octanol–water partition coefficient (Wildman–Crippen LogP) is 17.1.